The van der Waals surface area contributed by atoms with Crippen molar-refractivity contribution in [1.29, 1.82) is 5.26 Å². The number of nitrogens with one attached hydrogen (secondary N) is 1. The lowest BCUT2D eigenvalue weighted by Crippen LogP contribution is -2.56. The van der Waals surface area contributed by atoms with Crippen molar-refractivity contribution in [2.45, 2.75) is 68.6 Å². The Morgan fingerprint density at radius 2 is 2.12 bits per heavy atom. The van der Waals surface area contributed by atoms with Crippen molar-refractivity contribution in [2.75, 3.05) is 44.3 Å². The van der Waals surface area contributed by atoms with Crippen LogP contribution >= 0.6 is 11.6 Å². The van der Waals surface area contributed by atoms with Gasteiger partial charge in [-0.1, -0.05) is 36.4 Å². The lowest BCUT2D eigenvalue weighted by Gasteiger charge is -2.43. The van der Waals surface area contributed by atoms with Crippen LogP contribution in [0.4, 0.5) is 15.0 Å². The minimum Gasteiger partial charge on any atom is -0.462 e. The number of alkyl halides is 1. The Labute approximate surface area is 250 Å². The van der Waals surface area contributed by atoms with Crippen LogP contribution in [0.2, 0.25) is 5.02 Å². The summed E-state index contributed by atoms with van der Waals surface area (Å²) >= 11 is 6.53. The van der Waals surface area contributed by atoms with Crippen molar-refractivity contribution >= 4 is 23.5 Å². The Kier molecular flexibility index (Phi) is 8.24. The molecule has 2 aliphatic heterocycles. The minimum absolute atomic E-state index is 0.0995. The molecule has 1 spiro atoms. The van der Waals surface area contributed by atoms with Gasteiger partial charge in [0.15, 0.2) is 6.17 Å². The molecule has 1 N–H and O–H groups in total. The predicted molar refractivity (Wildman–Crippen MR) is 157 cm³/mol. The summed E-state index contributed by atoms with van der Waals surface area (Å²) in [6, 6.07) is 7.94. The van der Waals surface area contributed by atoms with Crippen LogP contribution in [0.3, 0.4) is 0 Å². The average molecular weight is 595 g/mol. The molecule has 1 aromatic carbocycles. The molecule has 42 heavy (non-hydrogen) atoms. The van der Waals surface area contributed by atoms with Crippen molar-refractivity contribution in [1.82, 2.24) is 20.2 Å². The van der Waals surface area contributed by atoms with Gasteiger partial charge in [-0.15, -0.1) is 0 Å². The van der Waals surface area contributed by atoms with Gasteiger partial charge in [0.1, 0.15) is 19.0 Å². The van der Waals surface area contributed by atoms with Crippen LogP contribution in [0.25, 0.3) is 0 Å². The van der Waals surface area contributed by atoms with Gasteiger partial charge in [0, 0.05) is 41.7 Å². The van der Waals surface area contributed by atoms with Crippen LogP contribution < -0.4 is 15.0 Å². The Hall–Kier alpha value is -3.42. The van der Waals surface area contributed by atoms with E-state index in [2.05, 4.69) is 18.0 Å². The maximum atomic E-state index is 17.0. The summed E-state index contributed by atoms with van der Waals surface area (Å²) in [5, 5.41) is 13.6. The number of carbonyl (C=O) groups is 1. The Balaban J connectivity index is 1.34. The van der Waals surface area contributed by atoms with Gasteiger partial charge in [-0.3, -0.25) is 0 Å². The minimum atomic E-state index is -1.35. The quantitative estimate of drug-likeness (QED) is 0.455. The second-order valence-corrected chi connectivity index (χ2v) is 12.0. The normalized spacial score (nSPS) is 26.5. The molecule has 9 nitrogen and oxygen atoms in total. The fourth-order valence-corrected chi connectivity index (χ4v) is 7.39. The summed E-state index contributed by atoms with van der Waals surface area (Å²) < 4.78 is 28.3. The van der Waals surface area contributed by atoms with E-state index in [1.165, 1.54) is 6.08 Å². The summed E-state index contributed by atoms with van der Waals surface area (Å²) in [6.45, 7) is 6.21. The molecule has 2 aromatic rings. The first-order valence-corrected chi connectivity index (χ1v) is 15.2. The van der Waals surface area contributed by atoms with Crippen LogP contribution in [-0.4, -0.2) is 72.4 Å². The number of nitriles is 1. The first-order valence-electron chi connectivity index (χ1n) is 14.8. The molecule has 1 aromatic heterocycles. The molecule has 4 aliphatic rings. The number of carbonyl (C=O) groups excluding carboxylic acids is 1. The van der Waals surface area contributed by atoms with Crippen molar-refractivity contribution in [3.8, 4) is 12.1 Å². The summed E-state index contributed by atoms with van der Waals surface area (Å²) in [4.78, 5) is 25.9. The van der Waals surface area contributed by atoms with E-state index in [0.717, 1.165) is 42.5 Å². The van der Waals surface area contributed by atoms with Crippen LogP contribution in [0.1, 0.15) is 60.7 Å². The molecule has 0 unspecified atom stereocenters. The van der Waals surface area contributed by atoms with Crippen LogP contribution in [0, 0.1) is 11.3 Å². The predicted octanol–water partition coefficient (Wildman–Crippen LogP) is 4.83. The van der Waals surface area contributed by atoms with Gasteiger partial charge in [-0.2, -0.15) is 15.2 Å². The fraction of sp³-hybridized carbons (Fsp3) is 0.548. The zero-order valence-corrected chi connectivity index (χ0v) is 24.4. The van der Waals surface area contributed by atoms with Crippen LogP contribution in [0.15, 0.2) is 30.9 Å². The molecule has 2 saturated heterocycles. The first-order chi connectivity index (χ1) is 20.4. The van der Waals surface area contributed by atoms with Gasteiger partial charge < -0.3 is 24.6 Å². The lowest BCUT2D eigenvalue weighted by atomic mass is 9.68. The van der Waals surface area contributed by atoms with Crippen molar-refractivity contribution in [2.24, 2.45) is 0 Å². The molecule has 0 saturated carbocycles. The van der Waals surface area contributed by atoms with E-state index in [9.17, 15) is 10.1 Å². The van der Waals surface area contributed by atoms with Crippen LogP contribution in [0.5, 0.6) is 6.01 Å². The van der Waals surface area contributed by atoms with Crippen molar-refractivity contribution in [3.63, 3.8) is 0 Å². The first kappa shape index (κ1) is 28.7. The van der Waals surface area contributed by atoms with E-state index in [0.29, 0.717) is 62.0 Å². The van der Waals surface area contributed by atoms with Gasteiger partial charge in [-0.05, 0) is 62.3 Å². The zero-order valence-electron chi connectivity index (χ0n) is 23.7. The van der Waals surface area contributed by atoms with Gasteiger partial charge >= 0.3 is 12.1 Å². The molecule has 2 fully saturated rings. The molecule has 1 amide bonds. The summed E-state index contributed by atoms with van der Waals surface area (Å²) in [6.07, 6.45) is 4.54. The summed E-state index contributed by atoms with van der Waals surface area (Å²) in [5.74, 6) is 0.623. The van der Waals surface area contributed by atoms with E-state index < -0.39 is 23.7 Å². The monoisotopic (exact) mass is 594 g/mol. The zero-order chi connectivity index (χ0) is 29.3. The number of aromatic nitrogens is 2. The number of amides is 1. The smallest absolute Gasteiger partial charge is 0.410 e. The number of nitrogens with zero attached hydrogens (tertiary/aromatic N) is 5. The Bertz CT molecular complexity index is 1400. The Morgan fingerprint density at radius 1 is 1.29 bits per heavy atom. The van der Waals surface area contributed by atoms with E-state index in [-0.39, 0.29) is 25.1 Å². The number of benzene rings is 1. The van der Waals surface area contributed by atoms with Gasteiger partial charge in [0.2, 0.25) is 0 Å². The SMILES string of the molecule is C=CCOC(=O)N1CCN(c2nc(OC[C@@H]3CCCN3)nc3c2CC[C@@]2(CCc4c(Cl)cccc42)[C@H]3F)C[C@@H]1CC#N. The third kappa shape index (κ3) is 5.18. The average Bonchev–Trinajstić information content (AvgIpc) is 3.66. The lowest BCUT2D eigenvalue weighted by molar-refractivity contribution is 0.0904. The molecular formula is C31H36ClFN6O3. The van der Waals surface area contributed by atoms with E-state index in [1.54, 1.807) is 4.90 Å². The molecule has 2 aliphatic carbocycles. The van der Waals surface area contributed by atoms with Gasteiger partial charge in [0.25, 0.3) is 0 Å². The molecule has 0 bridgehead atoms. The third-order valence-corrected chi connectivity index (χ3v) is 9.62. The van der Waals surface area contributed by atoms with E-state index >= 15 is 4.39 Å². The second-order valence-electron chi connectivity index (χ2n) is 11.6. The standard InChI is InChI=1S/C31H36ClFN6O3/c1-2-17-41-30(40)39-16-15-38(18-21(39)10-13-34)28-23-9-12-31(11-8-22-24(31)6-3-7-25(22)32)27(33)26(23)36-29(37-28)42-19-20-5-4-14-35-20/h2-3,6-7,20-21,27,35H,1,4-5,8-12,14-19H2/t20-,21-,27-,31+/m0/s1. The number of halogens is 2. The highest BCUT2D eigenvalue weighted by Gasteiger charge is 2.51. The fourth-order valence-electron chi connectivity index (χ4n) is 7.12. The molecule has 222 valence electrons. The van der Waals surface area contributed by atoms with Crippen molar-refractivity contribution < 1.29 is 18.7 Å². The summed E-state index contributed by atoms with van der Waals surface area (Å²) in [7, 11) is 0. The molecule has 6 rings (SSSR count). The van der Waals surface area contributed by atoms with Crippen LogP contribution in [-0.2, 0) is 23.0 Å². The number of piperazine rings is 1. The van der Waals surface area contributed by atoms with Gasteiger partial charge in [0.05, 0.1) is 24.2 Å². The number of fused-ring (bicyclic) bond motifs is 3. The maximum Gasteiger partial charge on any atom is 0.410 e. The highest BCUT2D eigenvalue weighted by molar-refractivity contribution is 6.31. The number of hydrogen-bond acceptors (Lipinski definition) is 8. The van der Waals surface area contributed by atoms with E-state index in [1.807, 2.05) is 23.1 Å². The molecule has 4 atom stereocenters. The van der Waals surface area contributed by atoms with Gasteiger partial charge in [-0.25, -0.2) is 9.18 Å². The number of anilines is 1. The topological polar surface area (TPSA) is 104 Å². The second kappa shape index (κ2) is 12.1. The highest BCUT2D eigenvalue weighted by atomic mass is 35.5. The number of ether oxygens (including phenoxy) is 2. The molecular weight excluding hydrogens is 559 g/mol. The largest absolute Gasteiger partial charge is 0.462 e. The Morgan fingerprint density at radius 3 is 2.88 bits per heavy atom. The van der Waals surface area contributed by atoms with E-state index in [4.69, 9.17) is 31.0 Å². The molecule has 11 heteroatoms. The molecule has 3 heterocycles. The summed E-state index contributed by atoms with van der Waals surface area (Å²) in [5.41, 5.74) is 2.46. The highest BCUT2D eigenvalue weighted by Crippen LogP contribution is 2.56. The number of rotatable bonds is 7. The molecule has 0 radical (unpaired) electrons. The maximum absolute atomic E-state index is 17.0. The number of hydrogen-bond donors (Lipinski definition) is 1. The van der Waals surface area contributed by atoms with Crippen molar-refractivity contribution in [3.05, 3.63) is 58.3 Å². The third-order valence-electron chi connectivity index (χ3n) is 9.26.